The predicted octanol–water partition coefficient (Wildman–Crippen LogP) is 4.80. The van der Waals surface area contributed by atoms with E-state index in [0.717, 1.165) is 25.3 Å². The minimum absolute atomic E-state index is 0.127. The predicted molar refractivity (Wildman–Crippen MR) is 116 cm³/mol. The monoisotopic (exact) mass is 475 g/mol. The molecule has 1 aromatic carbocycles. The van der Waals surface area contributed by atoms with Crippen LogP contribution in [0.2, 0.25) is 0 Å². The van der Waals surface area contributed by atoms with E-state index in [1.54, 1.807) is 18.7 Å². The molecule has 1 aliphatic heterocycles. The third-order valence-electron chi connectivity index (χ3n) is 7.04. The van der Waals surface area contributed by atoms with E-state index >= 15 is 0 Å². The molecule has 2 bridgehead atoms. The zero-order valence-corrected chi connectivity index (χ0v) is 18.7. The number of aryl methyl sites for hydroxylation is 1. The van der Waals surface area contributed by atoms with Gasteiger partial charge in [-0.05, 0) is 68.0 Å². The molecule has 6 rings (SSSR count). The van der Waals surface area contributed by atoms with E-state index in [2.05, 4.69) is 30.9 Å². The summed E-state index contributed by atoms with van der Waals surface area (Å²) in [6.45, 7) is 4.07. The van der Waals surface area contributed by atoms with Gasteiger partial charge in [0.05, 0.1) is 35.8 Å². The summed E-state index contributed by atoms with van der Waals surface area (Å²) in [7, 11) is 0. The third kappa shape index (κ3) is 3.80. The number of fused-ring (bicyclic) bond motifs is 1. The van der Waals surface area contributed by atoms with E-state index in [1.165, 1.54) is 6.07 Å². The molecule has 1 atom stereocenters. The van der Waals surface area contributed by atoms with Gasteiger partial charge in [0.25, 0.3) is 0 Å². The summed E-state index contributed by atoms with van der Waals surface area (Å²) in [6, 6.07) is 2.35. The van der Waals surface area contributed by atoms with Gasteiger partial charge < -0.3 is 10.2 Å². The van der Waals surface area contributed by atoms with Gasteiger partial charge in [0.1, 0.15) is 11.5 Å². The Morgan fingerprint density at radius 1 is 1.26 bits per heavy atom. The summed E-state index contributed by atoms with van der Waals surface area (Å²) in [5.41, 5.74) is 0.0987. The fourth-order valence-electron chi connectivity index (χ4n) is 5.12. The third-order valence-corrected chi connectivity index (χ3v) is 7.04. The van der Waals surface area contributed by atoms with Gasteiger partial charge in [0, 0.05) is 5.56 Å². The van der Waals surface area contributed by atoms with E-state index in [9.17, 15) is 22.9 Å². The number of hydrogen-bond acceptors (Lipinski definition) is 6. The molecule has 0 spiro atoms. The van der Waals surface area contributed by atoms with E-state index in [4.69, 9.17) is 0 Å². The normalized spacial score (nSPS) is 23.3. The van der Waals surface area contributed by atoms with E-state index in [0.29, 0.717) is 48.0 Å². The smallest absolute Gasteiger partial charge is 0.362 e. The van der Waals surface area contributed by atoms with Crippen molar-refractivity contribution in [2.45, 2.75) is 58.4 Å². The van der Waals surface area contributed by atoms with Gasteiger partial charge >= 0.3 is 6.18 Å². The SMILES string of the molecule is Cc1nc2c(c(N[C@H](C)c3cc(N=O)cc(C(F)(F)F)c3)n[nH][nH]1)CN(C(=O)C13CC(C1)C3)C2. The lowest BCUT2D eigenvalue weighted by Crippen LogP contribution is -2.60. The van der Waals surface area contributed by atoms with Crippen LogP contribution in [0.25, 0.3) is 0 Å². The largest absolute Gasteiger partial charge is 0.416 e. The second-order valence-electron chi connectivity index (χ2n) is 9.51. The Morgan fingerprint density at radius 3 is 2.62 bits per heavy atom. The van der Waals surface area contributed by atoms with Gasteiger partial charge in [-0.15, -0.1) is 10.0 Å². The van der Waals surface area contributed by atoms with Gasteiger partial charge in [-0.3, -0.25) is 9.89 Å². The van der Waals surface area contributed by atoms with Gasteiger partial charge in [-0.2, -0.15) is 13.2 Å². The molecule has 12 heteroatoms. The molecule has 3 aliphatic carbocycles. The van der Waals surface area contributed by atoms with Gasteiger partial charge in [0.2, 0.25) is 5.91 Å². The molecule has 3 N–H and O–H groups in total. The summed E-state index contributed by atoms with van der Waals surface area (Å²) in [5, 5.41) is 15.6. The van der Waals surface area contributed by atoms with Crippen LogP contribution in [-0.2, 0) is 24.1 Å². The van der Waals surface area contributed by atoms with Crippen molar-refractivity contribution in [2.75, 3.05) is 5.32 Å². The van der Waals surface area contributed by atoms with E-state index in [1.807, 2.05) is 0 Å². The lowest BCUT2D eigenvalue weighted by molar-refractivity contribution is -0.177. The molecular weight excluding hydrogens is 451 g/mol. The Hall–Kier alpha value is -3.44. The molecule has 0 radical (unpaired) electrons. The zero-order chi connectivity index (χ0) is 24.3. The molecule has 9 nitrogen and oxygen atoms in total. The zero-order valence-electron chi connectivity index (χ0n) is 18.7. The van der Waals surface area contributed by atoms with Crippen LogP contribution >= 0.6 is 0 Å². The van der Waals surface area contributed by atoms with Crippen LogP contribution in [0, 0.1) is 23.2 Å². The molecule has 180 valence electrons. The number of anilines is 1. The fourth-order valence-corrected chi connectivity index (χ4v) is 5.12. The fraction of sp³-hybridized carbons (Fsp3) is 0.500. The lowest BCUT2D eigenvalue weighted by Gasteiger charge is -2.61. The number of nitrogens with zero attached hydrogens (tertiary/aromatic N) is 4. The summed E-state index contributed by atoms with van der Waals surface area (Å²) in [6.07, 6.45) is -1.79. The Balaban J connectivity index is 1.46. The first-order valence-electron chi connectivity index (χ1n) is 11.1. The van der Waals surface area contributed by atoms with Gasteiger partial charge in [-0.25, -0.2) is 10.2 Å². The van der Waals surface area contributed by atoms with Gasteiger partial charge in [0.15, 0.2) is 5.82 Å². The van der Waals surface area contributed by atoms with E-state index in [-0.39, 0.29) is 22.6 Å². The minimum atomic E-state index is -4.62. The van der Waals surface area contributed by atoms with Crippen LogP contribution < -0.4 is 5.32 Å². The van der Waals surface area contributed by atoms with Crippen molar-refractivity contribution in [1.29, 1.82) is 0 Å². The first-order chi connectivity index (χ1) is 16.1. The van der Waals surface area contributed by atoms with Crippen molar-refractivity contribution in [3.8, 4) is 0 Å². The number of H-pyrrole nitrogens is 2. The summed E-state index contributed by atoms with van der Waals surface area (Å²) >= 11 is 0. The number of nitrogens with one attached hydrogen (secondary N) is 3. The Bertz CT molecular complexity index is 1200. The number of halogens is 3. The average Bonchev–Trinajstić information content (AvgIpc) is 3.11. The van der Waals surface area contributed by atoms with Crippen molar-refractivity contribution in [2.24, 2.45) is 16.5 Å². The second kappa shape index (κ2) is 7.81. The number of carbonyl (C=O) groups is 1. The summed E-state index contributed by atoms with van der Waals surface area (Å²) in [4.78, 5) is 30.5. The number of aromatic amines is 2. The van der Waals surface area contributed by atoms with Crippen LogP contribution in [0.15, 0.2) is 23.4 Å². The molecular formula is C22H24F3N7O2. The standard InChI is InChI=1S/C22H24F3N7O2/c1-11(14-3-15(22(23,24)25)5-16(4-14)30-34)26-19-17-9-32(20(33)21-6-13(7-21)8-21)10-18(17)27-12(2)28-31-29-19/h3-5,11,13,31H,6-10H2,1-2H3,(H,26,29)(H,27,28)/t11-,13?,21?/m1/s1. The molecule has 2 aromatic rings. The number of carbonyl (C=O) groups excluding carboxylic acids is 1. The number of alkyl halides is 3. The maximum Gasteiger partial charge on any atom is 0.416 e. The van der Waals surface area contributed by atoms with Crippen LogP contribution in [0.4, 0.5) is 24.7 Å². The molecule has 3 saturated carbocycles. The van der Waals surface area contributed by atoms with Crippen LogP contribution in [-0.4, -0.2) is 31.2 Å². The Labute approximate surface area is 192 Å². The maximum atomic E-state index is 13.3. The summed E-state index contributed by atoms with van der Waals surface area (Å²) < 4.78 is 39.9. The minimum Gasteiger partial charge on any atom is -0.362 e. The maximum absolute atomic E-state index is 13.3. The second-order valence-corrected chi connectivity index (χ2v) is 9.51. The average molecular weight is 475 g/mol. The highest BCUT2D eigenvalue weighted by Crippen LogP contribution is 2.65. The summed E-state index contributed by atoms with van der Waals surface area (Å²) in [5.74, 6) is 1.73. The molecule has 3 fully saturated rings. The first kappa shape index (κ1) is 22.4. The van der Waals surface area contributed by atoms with Crippen LogP contribution in [0.3, 0.4) is 0 Å². The van der Waals surface area contributed by atoms with Crippen LogP contribution in [0.1, 0.15) is 60.4 Å². The number of rotatable bonds is 5. The lowest BCUT2D eigenvalue weighted by atomic mass is 9.44. The molecule has 4 aliphatic rings. The van der Waals surface area contributed by atoms with Crippen LogP contribution in [0.5, 0.6) is 0 Å². The number of amides is 1. The Kier molecular flexibility index (Phi) is 5.14. The highest BCUT2D eigenvalue weighted by atomic mass is 19.4. The molecule has 1 amide bonds. The highest BCUT2D eigenvalue weighted by molar-refractivity contribution is 5.86. The van der Waals surface area contributed by atoms with Gasteiger partial charge in [-0.1, -0.05) is 0 Å². The number of nitroso groups, excluding NO2 is 1. The van der Waals surface area contributed by atoms with Crippen molar-refractivity contribution in [3.63, 3.8) is 0 Å². The molecule has 2 heterocycles. The molecule has 1 aromatic heterocycles. The number of aromatic nitrogens is 4. The number of hydrogen-bond donors (Lipinski definition) is 3. The molecule has 34 heavy (non-hydrogen) atoms. The quantitative estimate of drug-likeness (QED) is 0.537. The topological polar surface area (TPSA) is 119 Å². The first-order valence-corrected chi connectivity index (χ1v) is 11.1. The van der Waals surface area contributed by atoms with Crippen molar-refractivity contribution in [3.05, 3.63) is 51.3 Å². The number of benzene rings is 1. The van der Waals surface area contributed by atoms with Crippen molar-refractivity contribution in [1.82, 2.24) is 25.3 Å². The van der Waals surface area contributed by atoms with Crippen molar-refractivity contribution < 1.29 is 18.0 Å². The highest BCUT2D eigenvalue weighted by Gasteiger charge is 2.62. The molecule has 0 saturated heterocycles. The van der Waals surface area contributed by atoms with E-state index < -0.39 is 17.8 Å². The van der Waals surface area contributed by atoms with Crippen molar-refractivity contribution >= 4 is 17.4 Å². The molecule has 0 unspecified atom stereocenters. The Morgan fingerprint density at radius 2 is 2.00 bits per heavy atom.